The molecular weight excluding hydrogens is 264 g/mol. The van der Waals surface area contributed by atoms with E-state index in [4.69, 9.17) is 6.42 Å². The van der Waals surface area contributed by atoms with Crippen molar-refractivity contribution < 1.29 is 0 Å². The number of terminal acetylenes is 1. The van der Waals surface area contributed by atoms with Crippen LogP contribution in [0.2, 0.25) is 0 Å². The predicted octanol–water partition coefficient (Wildman–Crippen LogP) is 5.75. The molecular formula is C22H30. The van der Waals surface area contributed by atoms with Crippen LogP contribution in [-0.4, -0.2) is 0 Å². The summed E-state index contributed by atoms with van der Waals surface area (Å²) in [5.41, 5.74) is 3.73. The molecule has 6 atom stereocenters. The Hall–Kier alpha value is -0.960. The van der Waals surface area contributed by atoms with Gasteiger partial charge in [0.1, 0.15) is 0 Å². The molecule has 0 aliphatic heterocycles. The van der Waals surface area contributed by atoms with Gasteiger partial charge < -0.3 is 0 Å². The lowest BCUT2D eigenvalue weighted by molar-refractivity contribution is 0.0108. The highest BCUT2D eigenvalue weighted by Crippen LogP contribution is 2.66. The van der Waals surface area contributed by atoms with Crippen LogP contribution in [-0.2, 0) is 0 Å². The third kappa shape index (κ3) is 1.84. The maximum absolute atomic E-state index is 5.93. The van der Waals surface area contributed by atoms with Crippen LogP contribution in [0.5, 0.6) is 0 Å². The van der Waals surface area contributed by atoms with E-state index in [1.54, 1.807) is 11.1 Å². The van der Waals surface area contributed by atoms with Gasteiger partial charge in [-0.25, -0.2) is 0 Å². The molecule has 3 saturated carbocycles. The topological polar surface area (TPSA) is 0 Å². The number of allylic oxidation sites excluding steroid dienone is 3. The molecule has 0 nitrogen and oxygen atoms in total. The zero-order valence-corrected chi connectivity index (χ0v) is 14.1. The van der Waals surface area contributed by atoms with Crippen LogP contribution >= 0.6 is 0 Å². The van der Waals surface area contributed by atoms with Crippen molar-refractivity contribution in [2.24, 2.45) is 35.0 Å². The second-order valence-corrected chi connectivity index (χ2v) is 8.37. The first-order chi connectivity index (χ1) is 10.7. The summed E-state index contributed by atoms with van der Waals surface area (Å²) in [6.45, 7) is 7.00. The van der Waals surface area contributed by atoms with Crippen LogP contribution in [0.3, 0.4) is 0 Å². The molecule has 22 heavy (non-hydrogen) atoms. The van der Waals surface area contributed by atoms with Gasteiger partial charge in [0.05, 0.1) is 0 Å². The quantitative estimate of drug-likeness (QED) is 0.426. The Balaban J connectivity index is 1.71. The standard InChI is InChI=1S/C22H30/c1-4-17-11-13-20-19-12-10-16-8-6-7-9-18(16)21(19)15(3)14-22(17,20)5-2/h1,8,17-21H,3,5-7,9-14H2,2H3. The van der Waals surface area contributed by atoms with Gasteiger partial charge in [-0.15, -0.1) is 12.3 Å². The van der Waals surface area contributed by atoms with Crippen LogP contribution in [0.1, 0.15) is 64.7 Å². The van der Waals surface area contributed by atoms with Gasteiger partial charge in [-0.1, -0.05) is 30.7 Å². The molecule has 0 radical (unpaired) electrons. The summed E-state index contributed by atoms with van der Waals surface area (Å²) in [6.07, 6.45) is 20.5. The first-order valence-corrected chi connectivity index (χ1v) is 9.54. The molecule has 0 aromatic rings. The van der Waals surface area contributed by atoms with E-state index in [1.807, 2.05) is 0 Å². The van der Waals surface area contributed by atoms with Crippen LogP contribution in [0.25, 0.3) is 0 Å². The summed E-state index contributed by atoms with van der Waals surface area (Å²) in [5.74, 6) is 7.04. The van der Waals surface area contributed by atoms with E-state index in [9.17, 15) is 0 Å². The zero-order chi connectivity index (χ0) is 15.3. The van der Waals surface area contributed by atoms with Gasteiger partial charge >= 0.3 is 0 Å². The third-order valence-corrected chi connectivity index (χ3v) is 7.87. The maximum atomic E-state index is 5.93. The van der Waals surface area contributed by atoms with Gasteiger partial charge in [-0.3, -0.25) is 0 Å². The van der Waals surface area contributed by atoms with Crippen molar-refractivity contribution in [1.82, 2.24) is 0 Å². The Bertz CT molecular complexity index is 545. The van der Waals surface area contributed by atoms with Crippen molar-refractivity contribution in [2.45, 2.75) is 64.7 Å². The second kappa shape index (κ2) is 5.30. The van der Waals surface area contributed by atoms with E-state index in [-0.39, 0.29) is 0 Å². The first-order valence-electron chi connectivity index (χ1n) is 9.54. The lowest BCUT2D eigenvalue weighted by Crippen LogP contribution is -2.48. The molecule has 0 bridgehead atoms. The largest absolute Gasteiger partial charge is 0.120 e. The van der Waals surface area contributed by atoms with Gasteiger partial charge in [-0.05, 0) is 86.9 Å². The molecule has 0 amide bonds. The number of fused-ring (bicyclic) bond motifs is 5. The van der Waals surface area contributed by atoms with E-state index >= 15 is 0 Å². The molecule has 0 saturated heterocycles. The summed E-state index contributed by atoms with van der Waals surface area (Å²) in [5, 5.41) is 0. The van der Waals surface area contributed by atoms with Crippen molar-refractivity contribution in [2.75, 3.05) is 0 Å². The average molecular weight is 294 g/mol. The zero-order valence-electron chi connectivity index (χ0n) is 14.1. The van der Waals surface area contributed by atoms with Crippen molar-refractivity contribution in [3.8, 4) is 12.3 Å². The summed E-state index contributed by atoms with van der Waals surface area (Å²) in [7, 11) is 0. The molecule has 0 N–H and O–H groups in total. The van der Waals surface area contributed by atoms with Gasteiger partial charge in [0, 0.05) is 5.92 Å². The minimum Gasteiger partial charge on any atom is -0.120 e. The fourth-order valence-electron chi connectivity index (χ4n) is 7.01. The Morgan fingerprint density at radius 1 is 1.32 bits per heavy atom. The summed E-state index contributed by atoms with van der Waals surface area (Å²) in [6, 6.07) is 0. The molecule has 4 aliphatic rings. The molecule has 0 heterocycles. The summed E-state index contributed by atoms with van der Waals surface area (Å²) in [4.78, 5) is 0. The Morgan fingerprint density at radius 2 is 2.18 bits per heavy atom. The van der Waals surface area contributed by atoms with E-state index in [0.29, 0.717) is 11.3 Å². The van der Waals surface area contributed by atoms with Gasteiger partial charge in [0.25, 0.3) is 0 Å². The van der Waals surface area contributed by atoms with Crippen molar-refractivity contribution in [3.05, 3.63) is 23.8 Å². The second-order valence-electron chi connectivity index (χ2n) is 8.37. The Kier molecular flexibility index (Phi) is 3.52. The molecule has 6 unspecified atom stereocenters. The predicted molar refractivity (Wildman–Crippen MR) is 93.2 cm³/mol. The molecule has 4 aliphatic carbocycles. The van der Waals surface area contributed by atoms with E-state index in [1.165, 1.54) is 57.8 Å². The van der Waals surface area contributed by atoms with E-state index in [2.05, 4.69) is 25.5 Å². The highest BCUT2D eigenvalue weighted by molar-refractivity contribution is 5.28. The highest BCUT2D eigenvalue weighted by Gasteiger charge is 2.58. The van der Waals surface area contributed by atoms with Crippen LogP contribution in [0.4, 0.5) is 0 Å². The molecule has 4 rings (SSSR count). The molecule has 0 aromatic heterocycles. The van der Waals surface area contributed by atoms with Gasteiger partial charge in [-0.2, -0.15) is 0 Å². The molecule has 3 fully saturated rings. The smallest absolute Gasteiger partial charge is 0.0262 e. The Morgan fingerprint density at radius 3 is 2.95 bits per heavy atom. The maximum Gasteiger partial charge on any atom is 0.0262 e. The van der Waals surface area contributed by atoms with E-state index < -0.39 is 0 Å². The van der Waals surface area contributed by atoms with Crippen LogP contribution in [0, 0.1) is 47.3 Å². The normalized spacial score (nSPS) is 47.0. The van der Waals surface area contributed by atoms with Gasteiger partial charge in [0.15, 0.2) is 0 Å². The van der Waals surface area contributed by atoms with Crippen LogP contribution in [0.15, 0.2) is 23.8 Å². The number of hydrogen-bond donors (Lipinski definition) is 0. The minimum absolute atomic E-state index is 0.392. The SMILES string of the molecule is C#CC1CCC2C3CCC4=CCCCC4C3C(=C)CC12CC. The monoisotopic (exact) mass is 294 g/mol. The molecule has 0 spiro atoms. The number of hydrogen-bond acceptors (Lipinski definition) is 0. The molecule has 0 aromatic carbocycles. The average Bonchev–Trinajstić information content (AvgIpc) is 2.93. The Labute approximate surface area is 136 Å². The fourth-order valence-corrected chi connectivity index (χ4v) is 7.01. The lowest BCUT2D eigenvalue weighted by atomic mass is 9.49. The van der Waals surface area contributed by atoms with E-state index in [0.717, 1.165) is 23.7 Å². The fraction of sp³-hybridized carbons (Fsp3) is 0.727. The first kappa shape index (κ1) is 14.6. The highest BCUT2D eigenvalue weighted by atomic mass is 14.6. The van der Waals surface area contributed by atoms with Crippen molar-refractivity contribution in [1.29, 1.82) is 0 Å². The third-order valence-electron chi connectivity index (χ3n) is 7.87. The summed E-state index contributed by atoms with van der Waals surface area (Å²) >= 11 is 0. The summed E-state index contributed by atoms with van der Waals surface area (Å²) < 4.78 is 0. The minimum atomic E-state index is 0.392. The van der Waals surface area contributed by atoms with Crippen LogP contribution < -0.4 is 0 Å². The molecule has 118 valence electrons. The number of rotatable bonds is 1. The lowest BCUT2D eigenvalue weighted by Gasteiger charge is -2.55. The van der Waals surface area contributed by atoms with Crippen molar-refractivity contribution >= 4 is 0 Å². The van der Waals surface area contributed by atoms with Crippen molar-refractivity contribution in [3.63, 3.8) is 0 Å². The van der Waals surface area contributed by atoms with Gasteiger partial charge in [0.2, 0.25) is 0 Å². The molecule has 0 heteroatoms.